The fourth-order valence-corrected chi connectivity index (χ4v) is 1.64. The van der Waals surface area contributed by atoms with Crippen LogP contribution in [0.3, 0.4) is 0 Å². The Kier molecular flexibility index (Phi) is 7.69. The summed E-state index contributed by atoms with van der Waals surface area (Å²) in [6, 6.07) is 7.85. The van der Waals surface area contributed by atoms with Crippen molar-refractivity contribution in [2.75, 3.05) is 47.0 Å². The summed E-state index contributed by atoms with van der Waals surface area (Å²) in [6.45, 7) is 4.67. The van der Waals surface area contributed by atoms with Gasteiger partial charge in [0.15, 0.2) is 0 Å². The summed E-state index contributed by atoms with van der Waals surface area (Å²) in [4.78, 5) is 13.4. The largest absolute Gasteiger partial charge is 0.491 e. The molecule has 20 heavy (non-hydrogen) atoms. The molecular formula is C15H24N2O3. The zero-order chi connectivity index (χ0) is 14.8. The molecule has 112 valence electrons. The molecule has 0 spiro atoms. The lowest BCUT2D eigenvalue weighted by Gasteiger charge is -2.18. The van der Waals surface area contributed by atoms with Crippen LogP contribution in [0, 0.1) is 6.92 Å². The van der Waals surface area contributed by atoms with Crippen molar-refractivity contribution in [3.8, 4) is 5.75 Å². The van der Waals surface area contributed by atoms with Crippen LogP contribution in [0.5, 0.6) is 5.75 Å². The van der Waals surface area contributed by atoms with Gasteiger partial charge < -0.3 is 19.7 Å². The number of amides is 1. The van der Waals surface area contributed by atoms with E-state index >= 15 is 0 Å². The smallest absolute Gasteiger partial charge is 0.236 e. The van der Waals surface area contributed by atoms with E-state index in [0.717, 1.165) is 11.3 Å². The summed E-state index contributed by atoms with van der Waals surface area (Å²) < 4.78 is 10.6. The van der Waals surface area contributed by atoms with Gasteiger partial charge in [-0.3, -0.25) is 4.79 Å². The average molecular weight is 280 g/mol. The number of nitrogens with one attached hydrogen (secondary N) is 1. The van der Waals surface area contributed by atoms with Crippen molar-refractivity contribution < 1.29 is 14.3 Å². The van der Waals surface area contributed by atoms with Crippen molar-refractivity contribution in [2.24, 2.45) is 0 Å². The molecule has 5 heteroatoms. The summed E-state index contributed by atoms with van der Waals surface area (Å²) >= 11 is 0. The molecule has 1 amide bonds. The summed E-state index contributed by atoms with van der Waals surface area (Å²) in [5.41, 5.74) is 1.10. The number of hydrogen-bond acceptors (Lipinski definition) is 4. The van der Waals surface area contributed by atoms with E-state index in [1.165, 1.54) is 0 Å². The van der Waals surface area contributed by atoms with Crippen molar-refractivity contribution in [3.63, 3.8) is 0 Å². The highest BCUT2D eigenvalue weighted by molar-refractivity contribution is 5.77. The Hall–Kier alpha value is -1.59. The Bertz CT molecular complexity index is 410. The topological polar surface area (TPSA) is 50.8 Å². The lowest BCUT2D eigenvalue weighted by Crippen LogP contribution is -2.38. The van der Waals surface area contributed by atoms with Gasteiger partial charge >= 0.3 is 0 Å². The maximum atomic E-state index is 11.8. The van der Waals surface area contributed by atoms with Crippen LogP contribution in [0.1, 0.15) is 5.56 Å². The summed E-state index contributed by atoms with van der Waals surface area (Å²) in [7, 11) is 3.42. The predicted molar refractivity (Wildman–Crippen MR) is 79.1 cm³/mol. The zero-order valence-electron chi connectivity index (χ0n) is 12.5. The molecule has 0 aliphatic rings. The quantitative estimate of drug-likeness (QED) is 0.687. The molecule has 0 aliphatic heterocycles. The van der Waals surface area contributed by atoms with Crippen molar-refractivity contribution in [3.05, 3.63) is 29.8 Å². The Labute approximate surface area is 120 Å². The predicted octanol–water partition coefficient (Wildman–Crippen LogP) is 1.07. The lowest BCUT2D eigenvalue weighted by atomic mass is 10.2. The van der Waals surface area contributed by atoms with Crippen LogP contribution in [0.2, 0.25) is 0 Å². The van der Waals surface area contributed by atoms with Crippen molar-refractivity contribution in [2.45, 2.75) is 6.92 Å². The van der Waals surface area contributed by atoms with Gasteiger partial charge in [0.05, 0.1) is 19.7 Å². The molecule has 1 aromatic rings. The van der Waals surface area contributed by atoms with Crippen LogP contribution in [-0.4, -0.2) is 57.8 Å². The highest BCUT2D eigenvalue weighted by Crippen LogP contribution is 2.15. The summed E-state index contributed by atoms with van der Waals surface area (Å²) in [6.07, 6.45) is 0. The maximum absolute atomic E-state index is 11.8. The Morgan fingerprint density at radius 2 is 2.05 bits per heavy atom. The fraction of sp³-hybridized carbons (Fsp3) is 0.533. The first-order chi connectivity index (χ1) is 9.65. The molecule has 0 bridgehead atoms. The molecule has 0 atom stereocenters. The van der Waals surface area contributed by atoms with Gasteiger partial charge in [-0.2, -0.15) is 0 Å². The van der Waals surface area contributed by atoms with Gasteiger partial charge in [-0.1, -0.05) is 18.2 Å². The van der Waals surface area contributed by atoms with Crippen molar-refractivity contribution in [1.82, 2.24) is 10.2 Å². The average Bonchev–Trinajstić information content (AvgIpc) is 2.45. The number of nitrogens with zero attached hydrogens (tertiary/aromatic N) is 1. The van der Waals surface area contributed by atoms with Crippen LogP contribution >= 0.6 is 0 Å². The van der Waals surface area contributed by atoms with Crippen molar-refractivity contribution >= 4 is 5.91 Å². The molecular weight excluding hydrogens is 256 g/mol. The normalized spacial score (nSPS) is 10.3. The summed E-state index contributed by atoms with van der Waals surface area (Å²) in [5.74, 6) is 0.918. The van der Waals surface area contributed by atoms with Gasteiger partial charge in [-0.15, -0.1) is 0 Å². The van der Waals surface area contributed by atoms with Crippen LogP contribution in [0.15, 0.2) is 24.3 Å². The Balaban J connectivity index is 2.20. The molecule has 0 aromatic heterocycles. The monoisotopic (exact) mass is 280 g/mol. The van der Waals surface area contributed by atoms with Crippen LogP contribution in [0.4, 0.5) is 0 Å². The lowest BCUT2D eigenvalue weighted by molar-refractivity contribution is -0.129. The number of benzene rings is 1. The first-order valence-electron chi connectivity index (χ1n) is 6.77. The first-order valence-corrected chi connectivity index (χ1v) is 6.77. The molecule has 0 fully saturated rings. The van der Waals surface area contributed by atoms with Gasteiger partial charge in [-0.25, -0.2) is 0 Å². The molecule has 5 nitrogen and oxygen atoms in total. The Morgan fingerprint density at radius 3 is 2.75 bits per heavy atom. The number of rotatable bonds is 9. The molecule has 0 radical (unpaired) electrons. The highest BCUT2D eigenvalue weighted by atomic mass is 16.5. The molecule has 0 saturated carbocycles. The van der Waals surface area contributed by atoms with Gasteiger partial charge in [0.25, 0.3) is 0 Å². The highest BCUT2D eigenvalue weighted by Gasteiger charge is 2.08. The van der Waals surface area contributed by atoms with E-state index in [1.807, 2.05) is 31.2 Å². The van der Waals surface area contributed by atoms with Gasteiger partial charge in [0.1, 0.15) is 12.4 Å². The van der Waals surface area contributed by atoms with Crippen LogP contribution in [0.25, 0.3) is 0 Å². The van der Waals surface area contributed by atoms with E-state index in [9.17, 15) is 4.79 Å². The third-order valence-electron chi connectivity index (χ3n) is 2.96. The van der Waals surface area contributed by atoms with Gasteiger partial charge in [-0.05, 0) is 18.6 Å². The number of hydrogen-bond donors (Lipinski definition) is 1. The molecule has 0 aliphatic carbocycles. The second kappa shape index (κ2) is 9.34. The second-order valence-electron chi connectivity index (χ2n) is 4.60. The minimum atomic E-state index is 0.0505. The van der Waals surface area contributed by atoms with Crippen LogP contribution in [-0.2, 0) is 9.53 Å². The number of aryl methyl sites for hydroxylation is 1. The van der Waals surface area contributed by atoms with Gasteiger partial charge in [0, 0.05) is 20.7 Å². The van der Waals surface area contributed by atoms with E-state index in [4.69, 9.17) is 9.47 Å². The molecule has 1 N–H and O–H groups in total. The molecule has 0 saturated heterocycles. The minimum Gasteiger partial charge on any atom is -0.491 e. The number of methoxy groups -OCH3 is 1. The van der Waals surface area contributed by atoms with Crippen molar-refractivity contribution in [1.29, 1.82) is 0 Å². The fourth-order valence-electron chi connectivity index (χ4n) is 1.64. The van der Waals surface area contributed by atoms with E-state index < -0.39 is 0 Å². The Morgan fingerprint density at radius 1 is 1.30 bits per heavy atom. The third kappa shape index (κ3) is 6.04. The van der Waals surface area contributed by atoms with E-state index in [1.54, 1.807) is 19.1 Å². The number of likely N-dealkylation sites (N-methyl/N-ethyl adjacent to an activating group) is 1. The van der Waals surface area contributed by atoms with E-state index in [2.05, 4.69) is 5.32 Å². The molecule has 0 heterocycles. The van der Waals surface area contributed by atoms with E-state index in [0.29, 0.717) is 32.8 Å². The number of para-hydroxylation sites is 1. The maximum Gasteiger partial charge on any atom is 0.236 e. The standard InChI is InChI=1S/C15H24N2O3/c1-13-6-4-5-7-14(13)20-11-9-17(2)15(18)12-16-8-10-19-3/h4-7,16H,8-12H2,1-3H3. The zero-order valence-corrected chi connectivity index (χ0v) is 12.5. The van der Waals surface area contributed by atoms with Gasteiger partial charge in [0.2, 0.25) is 5.91 Å². The number of ether oxygens (including phenoxy) is 2. The van der Waals surface area contributed by atoms with Crippen LogP contribution < -0.4 is 10.1 Å². The number of carbonyl (C=O) groups excluding carboxylic acids is 1. The molecule has 1 rings (SSSR count). The third-order valence-corrected chi connectivity index (χ3v) is 2.96. The molecule has 1 aromatic carbocycles. The second-order valence-corrected chi connectivity index (χ2v) is 4.60. The first kappa shape index (κ1) is 16.5. The SMILES string of the molecule is COCCNCC(=O)N(C)CCOc1ccccc1C. The van der Waals surface area contributed by atoms with E-state index in [-0.39, 0.29) is 5.91 Å². The molecule has 0 unspecified atom stereocenters. The number of carbonyl (C=O) groups is 1. The minimum absolute atomic E-state index is 0.0505. The summed E-state index contributed by atoms with van der Waals surface area (Å²) in [5, 5.41) is 3.03.